The zero-order chi connectivity index (χ0) is 29.3. The Morgan fingerprint density at radius 1 is 0.895 bits per heavy atom. The van der Waals surface area contributed by atoms with Crippen molar-refractivity contribution in [2.45, 2.75) is 73.0 Å². The maximum absolute atomic E-state index is 12.9. The van der Waals surface area contributed by atoms with Gasteiger partial charge in [0.05, 0.1) is 11.6 Å². The summed E-state index contributed by atoms with van der Waals surface area (Å²) in [7, 11) is 0. The van der Waals surface area contributed by atoms with Crippen LogP contribution in [-0.4, -0.2) is 55.0 Å². The summed E-state index contributed by atoms with van der Waals surface area (Å²) in [4.78, 5) is 50.2. The van der Waals surface area contributed by atoms with Gasteiger partial charge in [0.25, 0.3) is 5.91 Å². The lowest BCUT2D eigenvalue weighted by Crippen LogP contribution is -2.47. The van der Waals surface area contributed by atoms with Gasteiger partial charge in [0.15, 0.2) is 5.78 Å². The van der Waals surface area contributed by atoms with E-state index in [1.807, 2.05) is 48.5 Å². The first-order chi connectivity index (χ1) is 17.4. The van der Waals surface area contributed by atoms with Crippen LogP contribution in [0.4, 0.5) is 0 Å². The molecule has 7 nitrogen and oxygen atoms in total. The highest BCUT2D eigenvalue weighted by Gasteiger charge is 2.33. The van der Waals surface area contributed by atoms with Gasteiger partial charge in [-0.15, -0.1) is 0 Å². The molecule has 1 unspecified atom stereocenters. The van der Waals surface area contributed by atoms with Gasteiger partial charge in [0.1, 0.15) is 0 Å². The van der Waals surface area contributed by atoms with Gasteiger partial charge in [0.2, 0.25) is 9.70 Å². The molecule has 0 radical (unpaired) electrons. The largest absolute Gasteiger partial charge is 0.374 e. The second-order valence-corrected chi connectivity index (χ2v) is 14.8. The third-order valence-corrected chi connectivity index (χ3v) is 8.96. The number of hydrogen-bond acceptors (Lipinski definition) is 5. The molecule has 0 aliphatic carbocycles. The molecule has 1 aromatic carbocycles. The van der Waals surface area contributed by atoms with Crippen LogP contribution < -0.4 is 10.6 Å². The van der Waals surface area contributed by atoms with E-state index in [2.05, 4.69) is 55.8 Å². The molecule has 0 aliphatic rings. The molecular formula is C28H41I3N2O5. The average Bonchev–Trinajstić information content (AvgIpc) is 2.81. The van der Waals surface area contributed by atoms with Crippen LogP contribution in [-0.2, 0) is 14.3 Å². The van der Waals surface area contributed by atoms with Gasteiger partial charge in [-0.05, 0) is 44.2 Å². The Kier molecular flexibility index (Phi) is 14.6. The Morgan fingerprint density at radius 3 is 1.89 bits per heavy atom. The summed E-state index contributed by atoms with van der Waals surface area (Å²) in [6.07, 6.45) is 1.02. The zero-order valence-corrected chi connectivity index (χ0v) is 29.9. The summed E-state index contributed by atoms with van der Waals surface area (Å²) in [5.74, 6) is -0.356. The predicted octanol–water partition coefficient (Wildman–Crippen LogP) is 6.18. The second-order valence-electron chi connectivity index (χ2n) is 12.0. The monoisotopic (exact) mass is 866 g/mol. The minimum atomic E-state index is -0.728. The van der Waals surface area contributed by atoms with E-state index >= 15 is 0 Å². The van der Waals surface area contributed by atoms with Crippen LogP contribution in [0, 0.1) is 16.7 Å². The van der Waals surface area contributed by atoms with Crippen LogP contribution in [0.3, 0.4) is 0 Å². The minimum absolute atomic E-state index is 0.0245. The fourth-order valence-electron chi connectivity index (χ4n) is 3.50. The summed E-state index contributed by atoms with van der Waals surface area (Å²) in [5, 5.41) is 5.81. The fourth-order valence-corrected chi connectivity index (χ4v) is 6.49. The number of nitrogens with one attached hydrogen (secondary N) is 2. The molecule has 214 valence electrons. The first kappa shape index (κ1) is 35.7. The molecule has 0 heterocycles. The number of amides is 2. The molecule has 0 fully saturated rings. The highest BCUT2D eigenvalue weighted by Crippen LogP contribution is 2.26. The summed E-state index contributed by atoms with van der Waals surface area (Å²) in [6.45, 7) is 14.1. The summed E-state index contributed by atoms with van der Waals surface area (Å²) < 4.78 is 7.46. The number of benzene rings is 1. The van der Waals surface area contributed by atoms with Crippen molar-refractivity contribution in [3.05, 3.63) is 35.4 Å². The lowest BCUT2D eigenvalue weighted by molar-refractivity contribution is -0.133. The van der Waals surface area contributed by atoms with Crippen molar-refractivity contribution in [1.29, 1.82) is 0 Å². The number of ether oxygens (including phenoxy) is 1. The number of carbonyl (C=O) groups is 4. The Bertz CT molecular complexity index is 968. The van der Waals surface area contributed by atoms with Gasteiger partial charge in [-0.3, -0.25) is 19.2 Å². The number of halogens is 3. The van der Waals surface area contributed by atoms with E-state index in [-0.39, 0.29) is 39.3 Å². The first-order valence-electron chi connectivity index (χ1n) is 12.6. The van der Waals surface area contributed by atoms with E-state index in [1.165, 1.54) is 0 Å². The quantitative estimate of drug-likeness (QED) is 0.0951. The van der Waals surface area contributed by atoms with Crippen molar-refractivity contribution in [1.82, 2.24) is 10.6 Å². The van der Waals surface area contributed by atoms with Crippen molar-refractivity contribution in [2.75, 3.05) is 22.0 Å². The average molecular weight is 866 g/mol. The molecular weight excluding hydrogens is 825 g/mol. The van der Waals surface area contributed by atoms with E-state index in [4.69, 9.17) is 4.74 Å². The van der Waals surface area contributed by atoms with E-state index < -0.39 is 17.1 Å². The Labute approximate surface area is 268 Å². The highest BCUT2D eigenvalue weighted by molar-refractivity contribution is 14.1. The SMILES string of the molecule is CC(C)(C)CC(NC(=O)C(C)(C)CCOC(C)(C)CNC(=O)c1ccc(C(=O)C(CI)CI)cc1)C(=O)I. The van der Waals surface area contributed by atoms with Crippen LogP contribution in [0.2, 0.25) is 0 Å². The molecule has 38 heavy (non-hydrogen) atoms. The van der Waals surface area contributed by atoms with E-state index in [0.29, 0.717) is 30.6 Å². The standard InChI is InChI=1S/C28H41I3N2O5/c1-26(2,3)14-21(23(31)35)33-25(37)27(4,5)12-13-38-28(6,7)17-32-24(36)19-10-8-18(9-11-19)22(34)20(15-29)16-30/h8-11,20-21H,12-17H2,1-7H3,(H,32,36)(H,33,37). The van der Waals surface area contributed by atoms with Crippen molar-refractivity contribution >= 4 is 89.2 Å². The van der Waals surface area contributed by atoms with Crippen LogP contribution in [0.5, 0.6) is 0 Å². The van der Waals surface area contributed by atoms with Crippen LogP contribution in [0.25, 0.3) is 0 Å². The molecule has 1 rings (SSSR count). The molecule has 0 saturated heterocycles. The van der Waals surface area contributed by atoms with Gasteiger partial charge in [0, 0.05) is 67.1 Å². The van der Waals surface area contributed by atoms with Gasteiger partial charge >= 0.3 is 0 Å². The molecule has 0 saturated carbocycles. The van der Waals surface area contributed by atoms with Crippen molar-refractivity contribution in [3.63, 3.8) is 0 Å². The van der Waals surface area contributed by atoms with Gasteiger partial charge < -0.3 is 15.4 Å². The normalized spacial score (nSPS) is 13.2. The second kappa shape index (κ2) is 15.6. The number of carbonyl (C=O) groups excluding carboxylic acids is 4. The third-order valence-electron chi connectivity index (χ3n) is 6.08. The summed E-state index contributed by atoms with van der Waals surface area (Å²) in [6, 6.07) is 6.22. The number of alkyl halides is 2. The van der Waals surface area contributed by atoms with Crippen LogP contribution in [0.1, 0.15) is 82.0 Å². The number of ketones is 1. The number of hydrogen-bond donors (Lipinski definition) is 2. The minimum Gasteiger partial charge on any atom is -0.374 e. The van der Waals surface area contributed by atoms with Crippen LogP contribution in [0.15, 0.2) is 24.3 Å². The first-order valence-corrected chi connectivity index (χ1v) is 16.7. The third kappa shape index (κ3) is 12.4. The molecule has 0 bridgehead atoms. The number of rotatable bonds is 15. The predicted molar refractivity (Wildman–Crippen MR) is 178 cm³/mol. The molecule has 0 aliphatic heterocycles. The lowest BCUT2D eigenvalue weighted by atomic mass is 9.86. The molecule has 10 heteroatoms. The summed E-state index contributed by atoms with van der Waals surface area (Å²) in [5.41, 5.74) is -0.382. The smallest absolute Gasteiger partial charge is 0.251 e. The summed E-state index contributed by atoms with van der Waals surface area (Å²) >= 11 is 6.19. The van der Waals surface area contributed by atoms with Gasteiger partial charge in [-0.25, -0.2) is 0 Å². The van der Waals surface area contributed by atoms with E-state index in [9.17, 15) is 19.2 Å². The van der Waals surface area contributed by atoms with Crippen LogP contribution >= 0.6 is 67.8 Å². The van der Waals surface area contributed by atoms with Crippen molar-refractivity contribution < 1.29 is 23.9 Å². The Hall–Kier alpha value is -0.350. The van der Waals surface area contributed by atoms with Crippen molar-refractivity contribution in [2.24, 2.45) is 16.7 Å². The molecule has 2 amide bonds. The number of Topliss-reactive ketones (excluding diaryl/α,β-unsaturated/α-hetero) is 1. The topological polar surface area (TPSA) is 102 Å². The Balaban J connectivity index is 2.62. The van der Waals surface area contributed by atoms with E-state index in [1.54, 1.807) is 46.9 Å². The van der Waals surface area contributed by atoms with E-state index in [0.717, 1.165) is 8.86 Å². The van der Waals surface area contributed by atoms with Crippen molar-refractivity contribution in [3.8, 4) is 0 Å². The zero-order valence-electron chi connectivity index (χ0n) is 23.4. The van der Waals surface area contributed by atoms with Gasteiger partial charge in [-0.1, -0.05) is 91.9 Å². The Morgan fingerprint density at radius 2 is 1.42 bits per heavy atom. The molecule has 0 aromatic heterocycles. The maximum atomic E-state index is 12.9. The lowest BCUT2D eigenvalue weighted by Gasteiger charge is -2.31. The molecule has 1 atom stereocenters. The maximum Gasteiger partial charge on any atom is 0.251 e. The highest BCUT2D eigenvalue weighted by atomic mass is 127. The molecule has 1 aromatic rings. The van der Waals surface area contributed by atoms with Gasteiger partial charge in [-0.2, -0.15) is 0 Å². The fraction of sp³-hybridized carbons (Fsp3) is 0.643. The molecule has 0 spiro atoms. The molecule has 2 N–H and O–H groups in total.